The van der Waals surface area contributed by atoms with Gasteiger partial charge in [-0.25, -0.2) is 0 Å². The zero-order valence-electron chi connectivity index (χ0n) is 11.6. The van der Waals surface area contributed by atoms with E-state index in [1.54, 1.807) is 0 Å². The van der Waals surface area contributed by atoms with Gasteiger partial charge in [0.1, 0.15) is 0 Å². The van der Waals surface area contributed by atoms with Crippen molar-refractivity contribution < 1.29 is 0 Å². The van der Waals surface area contributed by atoms with E-state index < -0.39 is 0 Å². The highest BCUT2D eigenvalue weighted by Crippen LogP contribution is 2.09. The highest BCUT2D eigenvalue weighted by Gasteiger charge is 2.04. The van der Waals surface area contributed by atoms with Gasteiger partial charge in [-0.2, -0.15) is 0 Å². The minimum absolute atomic E-state index is 0.712. The lowest BCUT2D eigenvalue weighted by molar-refractivity contribution is 0.653. The Labute approximate surface area is 118 Å². The van der Waals surface area contributed by atoms with Crippen LogP contribution in [0.15, 0.2) is 48.7 Å². The highest BCUT2D eigenvalue weighted by atomic mass is 15.3. The molecule has 4 nitrogen and oxygen atoms in total. The van der Waals surface area contributed by atoms with E-state index in [1.807, 2.05) is 28.8 Å². The van der Waals surface area contributed by atoms with Gasteiger partial charge in [-0.15, -0.1) is 10.2 Å². The molecule has 1 N–H and O–H groups in total. The standard InChI is InChI=1S/C16H18N4/c1-2-13-7-3-4-8-14(13)11-17-12-16-19-18-15-9-5-6-10-20(15)16/h3-10,17H,2,11-12H2,1H3. The average Bonchev–Trinajstić information content (AvgIpc) is 2.91. The van der Waals surface area contributed by atoms with Crippen molar-refractivity contribution in [2.45, 2.75) is 26.4 Å². The summed E-state index contributed by atoms with van der Waals surface area (Å²) >= 11 is 0. The van der Waals surface area contributed by atoms with Gasteiger partial charge in [0.25, 0.3) is 0 Å². The number of nitrogens with zero attached hydrogens (tertiary/aromatic N) is 3. The molecule has 3 rings (SSSR count). The molecule has 0 amide bonds. The molecule has 20 heavy (non-hydrogen) atoms. The van der Waals surface area contributed by atoms with E-state index >= 15 is 0 Å². The third-order valence-electron chi connectivity index (χ3n) is 3.48. The molecule has 0 aliphatic carbocycles. The Morgan fingerprint density at radius 3 is 2.60 bits per heavy atom. The molecule has 0 radical (unpaired) electrons. The zero-order valence-corrected chi connectivity index (χ0v) is 11.6. The quantitative estimate of drug-likeness (QED) is 0.772. The minimum atomic E-state index is 0.712. The van der Waals surface area contributed by atoms with Gasteiger partial charge in [0.05, 0.1) is 6.54 Å². The van der Waals surface area contributed by atoms with Crippen LogP contribution in [0.25, 0.3) is 5.65 Å². The summed E-state index contributed by atoms with van der Waals surface area (Å²) in [6.07, 6.45) is 3.05. The molecule has 0 saturated heterocycles. The lowest BCUT2D eigenvalue weighted by Crippen LogP contribution is -2.15. The van der Waals surface area contributed by atoms with Crippen molar-refractivity contribution in [1.82, 2.24) is 19.9 Å². The van der Waals surface area contributed by atoms with Gasteiger partial charge in [0.15, 0.2) is 11.5 Å². The van der Waals surface area contributed by atoms with E-state index in [2.05, 4.69) is 46.7 Å². The molecule has 0 aliphatic rings. The molecule has 3 aromatic rings. The molecular formula is C16H18N4. The third-order valence-corrected chi connectivity index (χ3v) is 3.48. The molecule has 0 bridgehead atoms. The number of pyridine rings is 1. The SMILES string of the molecule is CCc1ccccc1CNCc1nnc2ccccn12. The number of hydrogen-bond acceptors (Lipinski definition) is 3. The third kappa shape index (κ3) is 2.56. The first-order valence-corrected chi connectivity index (χ1v) is 6.94. The summed E-state index contributed by atoms with van der Waals surface area (Å²) in [5, 5.41) is 11.8. The van der Waals surface area contributed by atoms with Crippen LogP contribution in [0.5, 0.6) is 0 Å². The summed E-state index contributed by atoms with van der Waals surface area (Å²) in [6, 6.07) is 14.5. The van der Waals surface area contributed by atoms with Crippen molar-refractivity contribution in [1.29, 1.82) is 0 Å². The monoisotopic (exact) mass is 266 g/mol. The molecule has 2 aromatic heterocycles. The van der Waals surface area contributed by atoms with Crippen molar-refractivity contribution in [3.63, 3.8) is 0 Å². The molecule has 4 heteroatoms. The van der Waals surface area contributed by atoms with Crippen molar-refractivity contribution in [3.05, 3.63) is 65.6 Å². The number of rotatable bonds is 5. The van der Waals surface area contributed by atoms with Crippen molar-refractivity contribution in [2.24, 2.45) is 0 Å². The molecule has 102 valence electrons. The second kappa shape index (κ2) is 5.84. The van der Waals surface area contributed by atoms with E-state index in [9.17, 15) is 0 Å². The molecule has 0 saturated carbocycles. The fraction of sp³-hybridized carbons (Fsp3) is 0.250. The molecule has 0 spiro atoms. The predicted molar refractivity (Wildman–Crippen MR) is 79.4 cm³/mol. The number of benzene rings is 1. The van der Waals surface area contributed by atoms with Crippen LogP contribution in [-0.4, -0.2) is 14.6 Å². The number of hydrogen-bond donors (Lipinski definition) is 1. The minimum Gasteiger partial charge on any atom is -0.306 e. The summed E-state index contributed by atoms with van der Waals surface area (Å²) in [7, 11) is 0. The van der Waals surface area contributed by atoms with E-state index in [1.165, 1.54) is 11.1 Å². The number of aromatic nitrogens is 3. The van der Waals surface area contributed by atoms with Crippen LogP contribution < -0.4 is 5.32 Å². The Morgan fingerprint density at radius 1 is 0.950 bits per heavy atom. The summed E-state index contributed by atoms with van der Waals surface area (Å²) in [5.74, 6) is 0.939. The number of aryl methyl sites for hydroxylation is 1. The average molecular weight is 266 g/mol. The maximum Gasteiger partial charge on any atom is 0.160 e. The van der Waals surface area contributed by atoms with Gasteiger partial charge >= 0.3 is 0 Å². The van der Waals surface area contributed by atoms with Gasteiger partial charge < -0.3 is 5.32 Å². The van der Waals surface area contributed by atoms with Crippen LogP contribution in [0.1, 0.15) is 23.9 Å². The fourth-order valence-electron chi connectivity index (χ4n) is 2.40. The van der Waals surface area contributed by atoms with Crippen molar-refractivity contribution in [3.8, 4) is 0 Å². The van der Waals surface area contributed by atoms with Gasteiger partial charge in [-0.3, -0.25) is 4.40 Å². The van der Waals surface area contributed by atoms with E-state index in [4.69, 9.17) is 0 Å². The highest BCUT2D eigenvalue weighted by molar-refractivity contribution is 5.37. The van der Waals surface area contributed by atoms with Crippen LogP contribution in [0.4, 0.5) is 0 Å². The summed E-state index contributed by atoms with van der Waals surface area (Å²) in [4.78, 5) is 0. The fourth-order valence-corrected chi connectivity index (χ4v) is 2.40. The molecule has 0 atom stereocenters. The lowest BCUT2D eigenvalue weighted by Gasteiger charge is -2.08. The summed E-state index contributed by atoms with van der Waals surface area (Å²) < 4.78 is 2.01. The maximum absolute atomic E-state index is 4.22. The molecule has 0 fully saturated rings. The Bertz CT molecular complexity index is 702. The first-order chi connectivity index (χ1) is 9.88. The maximum atomic E-state index is 4.22. The van der Waals surface area contributed by atoms with Gasteiger partial charge in [0, 0.05) is 12.7 Å². The van der Waals surface area contributed by atoms with Gasteiger partial charge in [-0.05, 0) is 29.7 Å². The van der Waals surface area contributed by atoms with E-state index in [0.29, 0.717) is 6.54 Å². The topological polar surface area (TPSA) is 42.2 Å². The first-order valence-electron chi connectivity index (χ1n) is 6.94. The van der Waals surface area contributed by atoms with Crippen molar-refractivity contribution in [2.75, 3.05) is 0 Å². The van der Waals surface area contributed by atoms with Gasteiger partial charge in [0.2, 0.25) is 0 Å². The Hall–Kier alpha value is -2.20. The summed E-state index contributed by atoms with van der Waals surface area (Å²) in [6.45, 7) is 3.75. The first kappa shape index (κ1) is 12.8. The molecule has 0 aliphatic heterocycles. The Morgan fingerprint density at radius 2 is 1.75 bits per heavy atom. The second-order valence-corrected chi connectivity index (χ2v) is 4.77. The molecule has 1 aromatic carbocycles. The zero-order chi connectivity index (χ0) is 13.8. The molecule has 2 heterocycles. The Kier molecular flexibility index (Phi) is 3.74. The van der Waals surface area contributed by atoms with Crippen LogP contribution >= 0.6 is 0 Å². The van der Waals surface area contributed by atoms with Crippen molar-refractivity contribution >= 4 is 5.65 Å². The Balaban J connectivity index is 1.68. The van der Waals surface area contributed by atoms with Crippen LogP contribution in [-0.2, 0) is 19.5 Å². The number of nitrogens with one attached hydrogen (secondary N) is 1. The molecular weight excluding hydrogens is 248 g/mol. The molecule has 0 unspecified atom stereocenters. The van der Waals surface area contributed by atoms with Crippen LogP contribution in [0, 0.1) is 0 Å². The van der Waals surface area contributed by atoms with E-state index in [-0.39, 0.29) is 0 Å². The summed E-state index contributed by atoms with van der Waals surface area (Å²) in [5.41, 5.74) is 3.63. The lowest BCUT2D eigenvalue weighted by atomic mass is 10.1. The van der Waals surface area contributed by atoms with Crippen LogP contribution in [0.2, 0.25) is 0 Å². The largest absolute Gasteiger partial charge is 0.306 e. The number of fused-ring (bicyclic) bond motifs is 1. The van der Waals surface area contributed by atoms with Gasteiger partial charge in [-0.1, -0.05) is 37.3 Å². The van der Waals surface area contributed by atoms with E-state index in [0.717, 1.165) is 24.4 Å². The van der Waals surface area contributed by atoms with Crippen LogP contribution in [0.3, 0.4) is 0 Å². The second-order valence-electron chi connectivity index (χ2n) is 4.77. The predicted octanol–water partition coefficient (Wildman–Crippen LogP) is 2.58. The normalized spacial score (nSPS) is 11.1. The smallest absolute Gasteiger partial charge is 0.160 e.